The standard InChI is InChI=1S/C29H25ClN6O4/c30-22-10-11-26(36-18-31-33-34-36)20(16-22)9-12-27(37)32-25(15-19-5-2-1-3-6-19)28(38)35-14-13-23-21(17-35)7-4-8-24(23)29(39)40/h1-12,16,18,25H,13-15,17H2,(H,32,37)(H,39,40)/t25-/m0/s1. The zero-order valence-electron chi connectivity index (χ0n) is 21.3. The predicted octanol–water partition coefficient (Wildman–Crippen LogP) is 3.34. The van der Waals surface area contributed by atoms with Gasteiger partial charge in [0.05, 0.1) is 11.3 Å². The number of carboxylic acids is 1. The van der Waals surface area contributed by atoms with Crippen molar-refractivity contribution >= 4 is 35.5 Å². The molecule has 0 radical (unpaired) electrons. The van der Waals surface area contributed by atoms with E-state index in [0.29, 0.717) is 35.7 Å². The molecule has 2 N–H and O–H groups in total. The Kier molecular flexibility index (Phi) is 7.97. The largest absolute Gasteiger partial charge is 0.478 e. The second-order valence-electron chi connectivity index (χ2n) is 9.30. The fourth-order valence-corrected chi connectivity index (χ4v) is 4.97. The first-order valence-electron chi connectivity index (χ1n) is 12.6. The zero-order chi connectivity index (χ0) is 28.1. The Morgan fingerprint density at radius 3 is 2.65 bits per heavy atom. The first kappa shape index (κ1) is 26.8. The highest BCUT2D eigenvalue weighted by Gasteiger charge is 2.30. The van der Waals surface area contributed by atoms with E-state index >= 15 is 0 Å². The van der Waals surface area contributed by atoms with Crippen LogP contribution >= 0.6 is 11.6 Å². The molecule has 4 aromatic rings. The van der Waals surface area contributed by atoms with E-state index in [9.17, 15) is 19.5 Å². The average Bonchev–Trinajstić information content (AvgIpc) is 3.50. The first-order valence-corrected chi connectivity index (χ1v) is 12.9. The third-order valence-electron chi connectivity index (χ3n) is 6.70. The lowest BCUT2D eigenvalue weighted by Gasteiger charge is -2.32. The molecule has 1 aliphatic heterocycles. The van der Waals surface area contributed by atoms with E-state index in [2.05, 4.69) is 20.8 Å². The smallest absolute Gasteiger partial charge is 0.335 e. The summed E-state index contributed by atoms with van der Waals surface area (Å²) in [5.74, 6) is -1.68. The van der Waals surface area contributed by atoms with Crippen LogP contribution in [0.4, 0.5) is 0 Å². The number of nitrogens with zero attached hydrogens (tertiary/aromatic N) is 5. The number of benzene rings is 3. The maximum atomic E-state index is 13.7. The molecule has 3 aromatic carbocycles. The fourth-order valence-electron chi connectivity index (χ4n) is 4.79. The molecule has 0 saturated heterocycles. The SMILES string of the molecule is O=C(C=Cc1cc(Cl)ccc1-n1cnnn1)N[C@@H](Cc1ccccc1)C(=O)N1CCc2c(cccc2C(=O)O)C1. The van der Waals surface area contributed by atoms with Gasteiger partial charge < -0.3 is 15.3 Å². The van der Waals surface area contributed by atoms with Crippen LogP contribution < -0.4 is 5.32 Å². The van der Waals surface area contributed by atoms with E-state index in [1.807, 2.05) is 36.4 Å². The molecule has 0 unspecified atom stereocenters. The predicted molar refractivity (Wildman–Crippen MR) is 148 cm³/mol. The number of fused-ring (bicyclic) bond motifs is 1. The van der Waals surface area contributed by atoms with Gasteiger partial charge in [-0.25, -0.2) is 4.79 Å². The molecule has 40 heavy (non-hydrogen) atoms. The van der Waals surface area contributed by atoms with Gasteiger partial charge in [-0.05, 0) is 63.9 Å². The number of carbonyl (C=O) groups is 3. The van der Waals surface area contributed by atoms with Gasteiger partial charge >= 0.3 is 5.97 Å². The Morgan fingerprint density at radius 2 is 1.90 bits per heavy atom. The number of hydrogen-bond donors (Lipinski definition) is 2. The molecular weight excluding hydrogens is 532 g/mol. The van der Waals surface area contributed by atoms with Crippen LogP contribution in [0.15, 0.2) is 79.1 Å². The number of nitrogens with one attached hydrogen (secondary N) is 1. The van der Waals surface area contributed by atoms with Crippen molar-refractivity contribution in [3.8, 4) is 5.69 Å². The lowest BCUT2D eigenvalue weighted by molar-refractivity contribution is -0.136. The summed E-state index contributed by atoms with van der Waals surface area (Å²) in [5, 5.41) is 24.1. The second-order valence-corrected chi connectivity index (χ2v) is 9.74. The van der Waals surface area contributed by atoms with E-state index < -0.39 is 17.9 Å². The number of rotatable bonds is 8. The summed E-state index contributed by atoms with van der Waals surface area (Å²) in [7, 11) is 0. The molecule has 10 nitrogen and oxygen atoms in total. The van der Waals surface area contributed by atoms with Gasteiger partial charge in [0.25, 0.3) is 0 Å². The van der Waals surface area contributed by atoms with E-state index in [0.717, 1.165) is 16.7 Å². The summed E-state index contributed by atoms with van der Waals surface area (Å²) >= 11 is 6.18. The maximum absolute atomic E-state index is 13.7. The van der Waals surface area contributed by atoms with Crippen LogP contribution in [0, 0.1) is 0 Å². The molecule has 2 amide bonds. The molecule has 0 saturated carbocycles. The molecule has 1 atom stereocenters. The third kappa shape index (κ3) is 6.08. The Bertz CT molecular complexity index is 1570. The number of hydrogen-bond acceptors (Lipinski definition) is 6. The molecule has 2 heterocycles. The lowest BCUT2D eigenvalue weighted by Crippen LogP contribution is -2.50. The molecule has 0 bridgehead atoms. The van der Waals surface area contributed by atoms with E-state index in [4.69, 9.17) is 11.6 Å². The highest BCUT2D eigenvalue weighted by Crippen LogP contribution is 2.24. The number of carboxylic acid groups (broad SMARTS) is 1. The van der Waals surface area contributed by atoms with Crippen molar-refractivity contribution in [1.29, 1.82) is 0 Å². The summed E-state index contributed by atoms with van der Waals surface area (Å²) < 4.78 is 1.46. The Balaban J connectivity index is 1.36. The highest BCUT2D eigenvalue weighted by molar-refractivity contribution is 6.30. The monoisotopic (exact) mass is 556 g/mol. The van der Waals surface area contributed by atoms with Crippen molar-refractivity contribution in [2.24, 2.45) is 0 Å². The summed E-state index contributed by atoms with van der Waals surface area (Å²) in [6.07, 6.45) is 5.09. The van der Waals surface area contributed by atoms with Crippen LogP contribution in [0.3, 0.4) is 0 Å². The van der Waals surface area contributed by atoms with Gasteiger partial charge in [-0.3, -0.25) is 9.59 Å². The summed E-state index contributed by atoms with van der Waals surface area (Å²) in [5.41, 5.74) is 3.93. The molecule has 1 aliphatic rings. The van der Waals surface area contributed by atoms with E-state index in [1.165, 1.54) is 17.1 Å². The summed E-state index contributed by atoms with van der Waals surface area (Å²) in [4.78, 5) is 40.1. The first-order chi connectivity index (χ1) is 19.4. The van der Waals surface area contributed by atoms with Crippen LogP contribution in [0.5, 0.6) is 0 Å². The van der Waals surface area contributed by atoms with Crippen molar-refractivity contribution in [3.05, 3.63) is 112 Å². The van der Waals surface area contributed by atoms with E-state index in [-0.39, 0.29) is 18.0 Å². The fraction of sp³-hybridized carbons (Fsp3) is 0.172. The molecule has 0 fully saturated rings. The zero-order valence-corrected chi connectivity index (χ0v) is 22.0. The maximum Gasteiger partial charge on any atom is 0.335 e. The van der Waals surface area contributed by atoms with Gasteiger partial charge in [0, 0.05) is 36.2 Å². The van der Waals surface area contributed by atoms with Gasteiger partial charge in [-0.15, -0.1) is 5.10 Å². The van der Waals surface area contributed by atoms with Crippen molar-refractivity contribution in [3.63, 3.8) is 0 Å². The summed E-state index contributed by atoms with van der Waals surface area (Å²) in [6, 6.07) is 18.8. The molecule has 0 aliphatic carbocycles. The average molecular weight is 557 g/mol. The number of aromatic nitrogens is 4. The second kappa shape index (κ2) is 11.9. The number of carbonyl (C=O) groups excluding carboxylic acids is 2. The molecule has 11 heteroatoms. The van der Waals surface area contributed by atoms with Gasteiger partial charge in [0.15, 0.2) is 0 Å². The number of tetrazole rings is 1. The quantitative estimate of drug-likeness (QED) is 0.318. The van der Waals surface area contributed by atoms with E-state index in [1.54, 1.807) is 41.3 Å². The van der Waals surface area contributed by atoms with Gasteiger partial charge in [0.1, 0.15) is 12.4 Å². The van der Waals surface area contributed by atoms with Crippen LogP contribution in [0.1, 0.15) is 32.6 Å². The van der Waals surface area contributed by atoms with Crippen LogP contribution in [-0.2, 0) is 29.0 Å². The molecule has 0 spiro atoms. The number of halogens is 1. The van der Waals surface area contributed by atoms with Gasteiger partial charge in [-0.2, -0.15) is 4.68 Å². The Morgan fingerprint density at radius 1 is 1.07 bits per heavy atom. The van der Waals surface area contributed by atoms with Crippen LogP contribution in [0.2, 0.25) is 5.02 Å². The Hall–Kier alpha value is -4.83. The minimum Gasteiger partial charge on any atom is -0.478 e. The lowest BCUT2D eigenvalue weighted by atomic mass is 9.93. The Labute approximate surface area is 234 Å². The van der Waals surface area contributed by atoms with Crippen molar-refractivity contribution in [1.82, 2.24) is 30.4 Å². The number of aromatic carboxylic acids is 1. The third-order valence-corrected chi connectivity index (χ3v) is 6.94. The normalized spacial score (nSPS) is 13.6. The van der Waals surface area contributed by atoms with Crippen LogP contribution in [-0.4, -0.2) is 60.6 Å². The number of amides is 2. The van der Waals surface area contributed by atoms with Crippen molar-refractivity contribution in [2.75, 3.05) is 6.54 Å². The van der Waals surface area contributed by atoms with Crippen molar-refractivity contribution < 1.29 is 19.5 Å². The molecule has 5 rings (SSSR count). The van der Waals surface area contributed by atoms with Gasteiger partial charge in [-0.1, -0.05) is 54.1 Å². The summed E-state index contributed by atoms with van der Waals surface area (Å²) in [6.45, 7) is 0.620. The van der Waals surface area contributed by atoms with Gasteiger partial charge in [0.2, 0.25) is 11.8 Å². The highest BCUT2D eigenvalue weighted by atomic mass is 35.5. The molecule has 202 valence electrons. The minimum absolute atomic E-state index is 0.242. The minimum atomic E-state index is -0.986. The van der Waals surface area contributed by atoms with Crippen LogP contribution in [0.25, 0.3) is 11.8 Å². The molecular formula is C29H25ClN6O4. The van der Waals surface area contributed by atoms with Crippen molar-refractivity contribution in [2.45, 2.75) is 25.4 Å². The topological polar surface area (TPSA) is 130 Å². The molecule has 1 aromatic heterocycles.